The first kappa shape index (κ1) is 16.3. The molecular weight excluding hydrogens is 260 g/mol. The van der Waals surface area contributed by atoms with Gasteiger partial charge in [-0.2, -0.15) is 0 Å². The van der Waals surface area contributed by atoms with Crippen molar-refractivity contribution < 1.29 is 4.74 Å². The molecule has 1 saturated carbocycles. The van der Waals surface area contributed by atoms with Gasteiger partial charge in [-0.3, -0.25) is 4.98 Å². The Labute approximate surface area is 129 Å². The number of pyridine rings is 1. The van der Waals surface area contributed by atoms with E-state index in [9.17, 15) is 0 Å². The van der Waals surface area contributed by atoms with Gasteiger partial charge in [0.15, 0.2) is 0 Å². The molecule has 1 fully saturated rings. The molecule has 0 spiro atoms. The number of ether oxygens (including phenoxy) is 1. The normalized spacial score (nSPS) is 26.6. The average molecular weight is 290 g/mol. The monoisotopic (exact) mass is 290 g/mol. The lowest BCUT2D eigenvalue weighted by molar-refractivity contribution is 0.133. The summed E-state index contributed by atoms with van der Waals surface area (Å²) in [5.41, 5.74) is 7.96. The molecule has 2 N–H and O–H groups in total. The first-order valence-electron chi connectivity index (χ1n) is 8.22. The van der Waals surface area contributed by atoms with Crippen LogP contribution in [0.2, 0.25) is 0 Å². The van der Waals surface area contributed by atoms with E-state index < -0.39 is 0 Å². The molecule has 118 valence electrons. The summed E-state index contributed by atoms with van der Waals surface area (Å²) in [6, 6.07) is 2.08. The summed E-state index contributed by atoms with van der Waals surface area (Å²) in [6.45, 7) is 9.84. The van der Waals surface area contributed by atoms with Crippen LogP contribution in [0.4, 0.5) is 0 Å². The molecule has 3 heteroatoms. The minimum atomic E-state index is -0.236. The molecule has 0 aliphatic heterocycles. The van der Waals surface area contributed by atoms with E-state index >= 15 is 0 Å². The molecule has 3 nitrogen and oxygen atoms in total. The third-order valence-electron chi connectivity index (χ3n) is 4.86. The fraction of sp³-hybridized carbons (Fsp3) is 0.722. The minimum Gasteiger partial charge on any atom is -0.492 e. The average Bonchev–Trinajstić information content (AvgIpc) is 2.45. The van der Waals surface area contributed by atoms with Crippen LogP contribution in [0.5, 0.6) is 5.75 Å². The molecular formula is C18H30N2O. The van der Waals surface area contributed by atoms with Crippen molar-refractivity contribution in [3.63, 3.8) is 0 Å². The van der Waals surface area contributed by atoms with E-state index in [0.29, 0.717) is 5.41 Å². The molecule has 0 saturated heterocycles. The Morgan fingerprint density at radius 1 is 1.29 bits per heavy atom. The molecule has 0 bridgehead atoms. The van der Waals surface area contributed by atoms with Crippen LogP contribution >= 0.6 is 0 Å². The number of rotatable bonds is 4. The van der Waals surface area contributed by atoms with Gasteiger partial charge in [-0.05, 0) is 55.1 Å². The first-order valence-corrected chi connectivity index (χ1v) is 8.22. The van der Waals surface area contributed by atoms with E-state index in [-0.39, 0.29) is 5.54 Å². The van der Waals surface area contributed by atoms with Gasteiger partial charge in [-0.1, -0.05) is 27.7 Å². The molecule has 21 heavy (non-hydrogen) atoms. The van der Waals surface area contributed by atoms with Gasteiger partial charge < -0.3 is 10.5 Å². The van der Waals surface area contributed by atoms with Crippen LogP contribution in [0, 0.1) is 11.3 Å². The van der Waals surface area contributed by atoms with Gasteiger partial charge in [0, 0.05) is 11.7 Å². The molecule has 0 unspecified atom stereocenters. The maximum absolute atomic E-state index is 6.69. The van der Waals surface area contributed by atoms with Gasteiger partial charge in [0.1, 0.15) is 5.75 Å². The van der Waals surface area contributed by atoms with Gasteiger partial charge in [-0.25, -0.2) is 0 Å². The van der Waals surface area contributed by atoms with Crippen LogP contribution in [-0.4, -0.2) is 11.6 Å². The van der Waals surface area contributed by atoms with E-state index in [1.807, 2.05) is 6.20 Å². The van der Waals surface area contributed by atoms with Crippen molar-refractivity contribution in [3.05, 3.63) is 24.0 Å². The summed E-state index contributed by atoms with van der Waals surface area (Å²) in [6.07, 6.45) is 9.16. The number of nitrogens with zero attached hydrogens (tertiary/aromatic N) is 1. The van der Waals surface area contributed by atoms with Crippen molar-refractivity contribution in [1.29, 1.82) is 0 Å². The molecule has 0 amide bonds. The van der Waals surface area contributed by atoms with Crippen molar-refractivity contribution in [2.45, 2.75) is 65.3 Å². The molecule has 2 rings (SSSR count). The Balaban J connectivity index is 2.08. The van der Waals surface area contributed by atoms with Gasteiger partial charge in [0.25, 0.3) is 0 Å². The Morgan fingerprint density at radius 2 is 1.95 bits per heavy atom. The second kappa shape index (κ2) is 6.35. The fourth-order valence-electron chi connectivity index (χ4n) is 3.28. The quantitative estimate of drug-likeness (QED) is 0.901. The zero-order valence-corrected chi connectivity index (χ0v) is 14.0. The summed E-state index contributed by atoms with van der Waals surface area (Å²) in [5, 5.41) is 0. The van der Waals surface area contributed by atoms with Crippen molar-refractivity contribution in [1.82, 2.24) is 4.98 Å². The zero-order valence-electron chi connectivity index (χ0n) is 14.0. The smallest absolute Gasteiger partial charge is 0.137 e. The van der Waals surface area contributed by atoms with Crippen LogP contribution in [0.3, 0.4) is 0 Å². The highest BCUT2D eigenvalue weighted by Gasteiger charge is 2.37. The van der Waals surface area contributed by atoms with Gasteiger partial charge in [0.05, 0.1) is 12.8 Å². The van der Waals surface area contributed by atoms with Crippen molar-refractivity contribution >= 4 is 0 Å². The second-order valence-corrected chi connectivity index (χ2v) is 7.55. The topological polar surface area (TPSA) is 48.1 Å². The zero-order chi connectivity index (χ0) is 15.5. The predicted molar refractivity (Wildman–Crippen MR) is 87.3 cm³/mol. The number of aromatic nitrogens is 1. The lowest BCUT2D eigenvalue weighted by atomic mass is 9.66. The molecule has 1 aliphatic rings. The summed E-state index contributed by atoms with van der Waals surface area (Å²) in [5.74, 6) is 1.61. The number of nitrogens with two attached hydrogens (primary N) is 1. The van der Waals surface area contributed by atoms with E-state index in [2.05, 4.69) is 38.7 Å². The molecule has 1 aromatic rings. The van der Waals surface area contributed by atoms with Crippen molar-refractivity contribution in [2.24, 2.45) is 17.1 Å². The Kier molecular flexibility index (Phi) is 4.92. The lowest BCUT2D eigenvalue weighted by Gasteiger charge is -2.42. The third kappa shape index (κ3) is 3.97. The molecule has 0 aromatic carbocycles. The molecule has 1 heterocycles. The van der Waals surface area contributed by atoms with E-state index in [0.717, 1.165) is 43.1 Å². The summed E-state index contributed by atoms with van der Waals surface area (Å²) >= 11 is 0. The van der Waals surface area contributed by atoms with Gasteiger partial charge >= 0.3 is 0 Å². The standard InChI is InChI=1S/C18H30N2O/c1-5-10-21-16-11-15(12-20-13-16)18(19)8-6-14(7-9-18)17(2,3)4/h11-14H,5-10,19H2,1-4H3. The summed E-state index contributed by atoms with van der Waals surface area (Å²) < 4.78 is 5.69. The van der Waals surface area contributed by atoms with Crippen LogP contribution in [-0.2, 0) is 5.54 Å². The summed E-state index contributed by atoms with van der Waals surface area (Å²) in [4.78, 5) is 4.32. The maximum atomic E-state index is 6.69. The SMILES string of the molecule is CCCOc1cncc(C2(N)CCC(C(C)(C)C)CC2)c1. The molecule has 0 atom stereocenters. The lowest BCUT2D eigenvalue weighted by Crippen LogP contribution is -2.42. The molecule has 1 aromatic heterocycles. The number of hydrogen-bond acceptors (Lipinski definition) is 3. The van der Waals surface area contributed by atoms with Gasteiger partial charge in [0.2, 0.25) is 0 Å². The predicted octanol–water partition coefficient (Wildman–Crippen LogP) is 4.26. The second-order valence-electron chi connectivity index (χ2n) is 7.55. The fourth-order valence-corrected chi connectivity index (χ4v) is 3.28. The van der Waals surface area contributed by atoms with Crippen LogP contribution in [0.1, 0.15) is 65.4 Å². The molecule has 0 radical (unpaired) electrons. The highest BCUT2D eigenvalue weighted by atomic mass is 16.5. The Bertz CT molecular complexity index is 457. The van der Waals surface area contributed by atoms with E-state index in [1.54, 1.807) is 6.20 Å². The summed E-state index contributed by atoms with van der Waals surface area (Å²) in [7, 11) is 0. The highest BCUT2D eigenvalue weighted by Crippen LogP contribution is 2.44. The highest BCUT2D eigenvalue weighted by molar-refractivity contribution is 5.29. The third-order valence-corrected chi connectivity index (χ3v) is 4.86. The van der Waals surface area contributed by atoms with E-state index in [4.69, 9.17) is 10.5 Å². The van der Waals surface area contributed by atoms with Crippen molar-refractivity contribution in [2.75, 3.05) is 6.61 Å². The largest absolute Gasteiger partial charge is 0.492 e. The Hall–Kier alpha value is -1.09. The first-order chi connectivity index (χ1) is 9.85. The maximum Gasteiger partial charge on any atom is 0.137 e. The van der Waals surface area contributed by atoms with Crippen LogP contribution in [0.25, 0.3) is 0 Å². The minimum absolute atomic E-state index is 0.236. The molecule has 1 aliphatic carbocycles. The van der Waals surface area contributed by atoms with Crippen LogP contribution < -0.4 is 10.5 Å². The van der Waals surface area contributed by atoms with E-state index in [1.165, 1.54) is 12.8 Å². The van der Waals surface area contributed by atoms with Gasteiger partial charge in [-0.15, -0.1) is 0 Å². The Morgan fingerprint density at radius 3 is 2.52 bits per heavy atom. The number of hydrogen-bond donors (Lipinski definition) is 1. The van der Waals surface area contributed by atoms with Crippen LogP contribution in [0.15, 0.2) is 18.5 Å². The van der Waals surface area contributed by atoms with Crippen molar-refractivity contribution in [3.8, 4) is 5.75 Å².